The van der Waals surface area contributed by atoms with Crippen LogP contribution < -0.4 is 11.1 Å². The monoisotopic (exact) mass is 240 g/mol. The summed E-state index contributed by atoms with van der Waals surface area (Å²) in [6.45, 7) is 3.20. The topological polar surface area (TPSA) is 54.2 Å². The van der Waals surface area contributed by atoms with Crippen molar-refractivity contribution < 1.29 is 0 Å². The fourth-order valence-electron chi connectivity index (χ4n) is 2.00. The van der Waals surface area contributed by atoms with Crippen molar-refractivity contribution in [2.24, 2.45) is 0 Å². The zero-order chi connectivity index (χ0) is 11.7. The lowest BCUT2D eigenvalue weighted by atomic mass is 10.2. The molecule has 1 unspecified atom stereocenters. The minimum atomic E-state index is 0.423. The summed E-state index contributed by atoms with van der Waals surface area (Å²) in [5.41, 5.74) is 7.17. The van der Waals surface area contributed by atoms with Crippen LogP contribution in [0.3, 0.4) is 0 Å². The van der Waals surface area contributed by atoms with Crippen molar-refractivity contribution in [1.82, 2.24) is 9.27 Å². The van der Waals surface area contributed by atoms with Gasteiger partial charge in [-0.2, -0.15) is 4.37 Å². The zero-order valence-electron chi connectivity index (χ0n) is 10.2. The Balaban J connectivity index is 2.03. The van der Waals surface area contributed by atoms with Crippen LogP contribution in [0.1, 0.15) is 31.2 Å². The van der Waals surface area contributed by atoms with Crippen molar-refractivity contribution in [2.75, 3.05) is 31.7 Å². The van der Waals surface area contributed by atoms with E-state index in [-0.39, 0.29) is 0 Å². The number of likely N-dealkylation sites (N-methyl/N-ethyl adjacent to an activating group) is 1. The van der Waals surface area contributed by atoms with E-state index in [1.165, 1.54) is 34.9 Å². The number of rotatable bonds is 5. The highest BCUT2D eigenvalue weighted by Gasteiger charge is 2.30. The van der Waals surface area contributed by atoms with E-state index in [2.05, 4.69) is 35.6 Å². The van der Waals surface area contributed by atoms with Crippen LogP contribution in [-0.2, 0) is 0 Å². The molecule has 1 aliphatic rings. The van der Waals surface area contributed by atoms with E-state index in [0.29, 0.717) is 12.0 Å². The molecule has 4 nitrogen and oxygen atoms in total. The van der Waals surface area contributed by atoms with Crippen LogP contribution in [-0.4, -0.2) is 36.0 Å². The largest absolute Gasteiger partial charge is 0.383 e. The maximum atomic E-state index is 5.91. The van der Waals surface area contributed by atoms with Crippen LogP contribution in [0.15, 0.2) is 0 Å². The highest BCUT2D eigenvalue weighted by Crippen LogP contribution is 2.47. The minimum Gasteiger partial charge on any atom is -0.383 e. The number of nitrogens with two attached hydrogens (primary N) is 1. The fraction of sp³-hybridized carbons (Fsp3) is 0.727. The van der Waals surface area contributed by atoms with Gasteiger partial charge >= 0.3 is 0 Å². The second-order valence-electron chi connectivity index (χ2n) is 4.89. The maximum Gasteiger partial charge on any atom is 0.142 e. The van der Waals surface area contributed by atoms with Gasteiger partial charge < -0.3 is 16.0 Å². The van der Waals surface area contributed by atoms with Gasteiger partial charge in [0.05, 0.1) is 0 Å². The van der Waals surface area contributed by atoms with E-state index in [0.717, 1.165) is 12.4 Å². The summed E-state index contributed by atoms with van der Waals surface area (Å²) < 4.78 is 4.25. The number of nitrogens with one attached hydrogen (secondary N) is 1. The highest BCUT2D eigenvalue weighted by atomic mass is 32.1. The molecule has 1 saturated carbocycles. The Morgan fingerprint density at radius 1 is 1.56 bits per heavy atom. The Labute approximate surface area is 101 Å². The van der Waals surface area contributed by atoms with Crippen molar-refractivity contribution in [3.05, 3.63) is 5.56 Å². The molecule has 1 fully saturated rings. The Morgan fingerprint density at radius 3 is 2.81 bits per heavy atom. The third-order valence-corrected chi connectivity index (χ3v) is 3.57. The number of hydrogen-bond acceptors (Lipinski definition) is 5. The molecular formula is C11H20N4S. The van der Waals surface area contributed by atoms with Crippen molar-refractivity contribution in [3.63, 3.8) is 0 Å². The van der Waals surface area contributed by atoms with Crippen molar-refractivity contribution in [2.45, 2.75) is 31.7 Å². The van der Waals surface area contributed by atoms with E-state index in [9.17, 15) is 0 Å². The van der Waals surface area contributed by atoms with Gasteiger partial charge in [0, 0.05) is 18.2 Å². The normalized spacial score (nSPS) is 17.8. The van der Waals surface area contributed by atoms with Crippen molar-refractivity contribution >= 4 is 22.4 Å². The smallest absolute Gasteiger partial charge is 0.142 e. The molecule has 16 heavy (non-hydrogen) atoms. The Morgan fingerprint density at radius 2 is 2.25 bits per heavy atom. The minimum absolute atomic E-state index is 0.423. The first-order valence-corrected chi connectivity index (χ1v) is 6.51. The molecule has 0 aromatic carbocycles. The number of nitrogens with zero attached hydrogens (tertiary/aromatic N) is 2. The molecule has 3 N–H and O–H groups in total. The van der Waals surface area contributed by atoms with E-state index >= 15 is 0 Å². The molecule has 1 aromatic rings. The molecule has 1 heterocycles. The number of aromatic nitrogens is 1. The van der Waals surface area contributed by atoms with Gasteiger partial charge in [-0.3, -0.25) is 0 Å². The van der Waals surface area contributed by atoms with Gasteiger partial charge in [0.25, 0.3) is 0 Å². The van der Waals surface area contributed by atoms with Gasteiger partial charge in [0.15, 0.2) is 0 Å². The first-order chi connectivity index (χ1) is 7.58. The summed E-state index contributed by atoms with van der Waals surface area (Å²) in [5, 5.41) is 4.69. The summed E-state index contributed by atoms with van der Waals surface area (Å²) in [6, 6.07) is 0.423. The molecule has 5 heteroatoms. The first-order valence-electron chi connectivity index (χ1n) is 5.74. The summed E-state index contributed by atoms with van der Waals surface area (Å²) >= 11 is 1.50. The third-order valence-electron chi connectivity index (χ3n) is 2.76. The van der Waals surface area contributed by atoms with Crippen LogP contribution >= 0.6 is 11.5 Å². The molecule has 0 spiro atoms. The van der Waals surface area contributed by atoms with E-state index in [1.54, 1.807) is 0 Å². The van der Waals surface area contributed by atoms with Gasteiger partial charge in [0.2, 0.25) is 0 Å². The van der Waals surface area contributed by atoms with Crippen LogP contribution in [0.2, 0.25) is 0 Å². The number of nitrogen functional groups attached to an aromatic ring is 1. The average molecular weight is 240 g/mol. The molecule has 1 aromatic heterocycles. The number of hydrogen-bond donors (Lipinski definition) is 2. The van der Waals surface area contributed by atoms with Gasteiger partial charge in [-0.15, -0.1) is 0 Å². The molecular weight excluding hydrogens is 220 g/mol. The summed E-state index contributed by atoms with van der Waals surface area (Å²) in [6.07, 6.45) is 2.53. The number of anilines is 2. The molecule has 0 aliphatic heterocycles. The van der Waals surface area contributed by atoms with E-state index < -0.39 is 0 Å². The lowest BCUT2D eigenvalue weighted by Gasteiger charge is -2.19. The molecule has 0 saturated heterocycles. The fourth-order valence-corrected chi connectivity index (χ4v) is 2.91. The van der Waals surface area contributed by atoms with E-state index in [1.807, 2.05) is 0 Å². The van der Waals surface area contributed by atoms with Gasteiger partial charge in [-0.25, -0.2) is 0 Å². The Bertz CT molecular complexity index is 357. The second-order valence-corrected chi connectivity index (χ2v) is 5.67. The standard InChI is InChI=1S/C11H20N4S/c1-7(6-15(2)3)13-11-9(8-4-5-8)10(12)14-16-11/h7-8,13H,4-6H2,1-3H3,(H2,12,14). The average Bonchev–Trinajstić information content (AvgIpc) is 2.92. The summed E-state index contributed by atoms with van der Waals surface area (Å²) in [4.78, 5) is 2.18. The predicted octanol–water partition coefficient (Wildman–Crippen LogP) is 1.96. The third kappa shape index (κ3) is 2.65. The molecule has 2 rings (SSSR count). The first kappa shape index (κ1) is 11.7. The maximum absolute atomic E-state index is 5.91. The van der Waals surface area contributed by atoms with E-state index in [4.69, 9.17) is 5.73 Å². The SMILES string of the molecule is CC(CN(C)C)Nc1snc(N)c1C1CC1. The van der Waals surface area contributed by atoms with Crippen LogP contribution in [0, 0.1) is 0 Å². The highest BCUT2D eigenvalue weighted by molar-refractivity contribution is 7.10. The lowest BCUT2D eigenvalue weighted by Crippen LogP contribution is -2.29. The van der Waals surface area contributed by atoms with Gasteiger partial charge in [-0.05, 0) is 51.3 Å². The predicted molar refractivity (Wildman–Crippen MR) is 70.1 cm³/mol. The molecule has 90 valence electrons. The van der Waals surface area contributed by atoms with Crippen molar-refractivity contribution in [3.8, 4) is 0 Å². The summed E-state index contributed by atoms with van der Waals surface area (Å²) in [5.74, 6) is 1.39. The molecule has 0 radical (unpaired) electrons. The second kappa shape index (κ2) is 4.59. The molecule has 1 atom stereocenters. The molecule has 0 amide bonds. The molecule has 0 bridgehead atoms. The lowest BCUT2D eigenvalue weighted by molar-refractivity contribution is 0.392. The zero-order valence-corrected chi connectivity index (χ0v) is 11.0. The Hall–Kier alpha value is -0.810. The van der Waals surface area contributed by atoms with Gasteiger partial charge in [-0.1, -0.05) is 0 Å². The Kier molecular flexibility index (Phi) is 3.35. The van der Waals surface area contributed by atoms with Crippen LogP contribution in [0.4, 0.5) is 10.8 Å². The van der Waals surface area contributed by atoms with Crippen LogP contribution in [0.5, 0.6) is 0 Å². The van der Waals surface area contributed by atoms with Crippen LogP contribution in [0.25, 0.3) is 0 Å². The quantitative estimate of drug-likeness (QED) is 0.826. The molecule has 1 aliphatic carbocycles. The summed E-state index contributed by atoms with van der Waals surface area (Å²) in [7, 11) is 4.17. The van der Waals surface area contributed by atoms with Gasteiger partial charge in [0.1, 0.15) is 10.8 Å². The van der Waals surface area contributed by atoms with Crippen molar-refractivity contribution in [1.29, 1.82) is 0 Å².